The van der Waals surface area contributed by atoms with E-state index in [-0.39, 0.29) is 28.2 Å². The minimum Gasteiger partial charge on any atom is -0.496 e. The van der Waals surface area contributed by atoms with Gasteiger partial charge in [0.1, 0.15) is 11.8 Å². The Morgan fingerprint density at radius 2 is 1.71 bits per heavy atom. The molecule has 9 heteroatoms. The van der Waals surface area contributed by atoms with E-state index in [0.29, 0.717) is 6.42 Å². The smallest absolute Gasteiger partial charge is 0.244 e. The lowest BCUT2D eigenvalue weighted by Gasteiger charge is -2.31. The first-order valence-electron chi connectivity index (χ1n) is 9.92. The molecule has 0 heterocycles. The molecular formula is C22H28Cl2N2O4S. The van der Waals surface area contributed by atoms with Crippen LogP contribution in [-0.2, 0) is 14.8 Å². The lowest BCUT2D eigenvalue weighted by atomic mass is 10.0. The summed E-state index contributed by atoms with van der Waals surface area (Å²) in [5.74, 6) is 0.363. The molecule has 2 atom stereocenters. The fourth-order valence-corrected chi connectivity index (χ4v) is 5.24. The summed E-state index contributed by atoms with van der Waals surface area (Å²) in [6.45, 7) is 5.64. The third-order valence-corrected chi connectivity index (χ3v) is 6.59. The molecule has 0 aliphatic carbocycles. The van der Waals surface area contributed by atoms with E-state index in [2.05, 4.69) is 5.32 Å². The molecule has 1 N–H and O–H groups in total. The molecule has 31 heavy (non-hydrogen) atoms. The van der Waals surface area contributed by atoms with E-state index >= 15 is 0 Å². The highest BCUT2D eigenvalue weighted by atomic mass is 35.5. The molecule has 0 radical (unpaired) electrons. The lowest BCUT2D eigenvalue weighted by Crippen LogP contribution is -2.50. The second-order valence-electron chi connectivity index (χ2n) is 7.31. The van der Waals surface area contributed by atoms with Crippen molar-refractivity contribution in [3.8, 4) is 5.75 Å². The van der Waals surface area contributed by atoms with Crippen LogP contribution in [0.3, 0.4) is 0 Å². The maximum atomic E-state index is 13.2. The number of aryl methyl sites for hydroxylation is 1. The monoisotopic (exact) mass is 486 g/mol. The molecule has 1 amide bonds. The number of sulfonamides is 1. The molecular weight excluding hydrogens is 459 g/mol. The number of hydrogen-bond acceptors (Lipinski definition) is 4. The largest absolute Gasteiger partial charge is 0.496 e. The summed E-state index contributed by atoms with van der Waals surface area (Å²) in [7, 11) is -2.19. The Morgan fingerprint density at radius 3 is 2.16 bits per heavy atom. The van der Waals surface area contributed by atoms with Gasteiger partial charge in [-0.05, 0) is 55.2 Å². The highest BCUT2D eigenvalue weighted by Gasteiger charge is 2.33. The topological polar surface area (TPSA) is 75.7 Å². The Morgan fingerprint density at radius 1 is 1.10 bits per heavy atom. The van der Waals surface area contributed by atoms with Gasteiger partial charge in [0.05, 0.1) is 25.1 Å². The first kappa shape index (κ1) is 25.3. The van der Waals surface area contributed by atoms with Gasteiger partial charge in [0.15, 0.2) is 0 Å². The highest BCUT2D eigenvalue weighted by molar-refractivity contribution is 7.92. The van der Waals surface area contributed by atoms with Crippen LogP contribution in [0.5, 0.6) is 5.75 Å². The van der Waals surface area contributed by atoms with Gasteiger partial charge in [0.2, 0.25) is 15.9 Å². The summed E-state index contributed by atoms with van der Waals surface area (Å²) in [5.41, 5.74) is 2.11. The Labute approximate surface area is 194 Å². The lowest BCUT2D eigenvalue weighted by molar-refractivity contribution is -0.123. The van der Waals surface area contributed by atoms with Gasteiger partial charge in [-0.25, -0.2) is 8.42 Å². The van der Waals surface area contributed by atoms with Crippen LogP contribution in [0.1, 0.15) is 43.9 Å². The number of benzene rings is 2. The number of nitrogens with one attached hydrogen (secondary N) is 1. The number of nitrogens with zero attached hydrogens (tertiary/aromatic N) is 1. The van der Waals surface area contributed by atoms with Crippen LogP contribution in [-0.4, -0.2) is 33.7 Å². The number of carbonyl (C=O) groups excluding carboxylic acids is 1. The molecule has 0 aromatic heterocycles. The summed E-state index contributed by atoms with van der Waals surface area (Å²) in [6.07, 6.45) is 1.96. The predicted molar refractivity (Wildman–Crippen MR) is 127 cm³/mol. The van der Waals surface area contributed by atoms with Crippen LogP contribution in [0.4, 0.5) is 5.69 Å². The highest BCUT2D eigenvalue weighted by Crippen LogP contribution is 2.30. The predicted octanol–water partition coefficient (Wildman–Crippen LogP) is 5.12. The number of halogens is 2. The summed E-state index contributed by atoms with van der Waals surface area (Å²) in [5, 5.41) is 3.57. The quantitative estimate of drug-likeness (QED) is 0.533. The van der Waals surface area contributed by atoms with Crippen molar-refractivity contribution in [2.45, 2.75) is 45.7 Å². The number of ether oxygens (including phenoxy) is 1. The third-order valence-electron chi connectivity index (χ3n) is 4.98. The molecule has 6 nitrogen and oxygen atoms in total. The Balaban J connectivity index is 2.39. The number of methoxy groups -OCH3 is 1. The van der Waals surface area contributed by atoms with Gasteiger partial charge >= 0.3 is 0 Å². The maximum absolute atomic E-state index is 13.2. The zero-order chi connectivity index (χ0) is 23.3. The Kier molecular flexibility index (Phi) is 8.63. The van der Waals surface area contributed by atoms with Crippen LogP contribution in [0.25, 0.3) is 0 Å². The van der Waals surface area contributed by atoms with Crippen molar-refractivity contribution in [2.75, 3.05) is 17.7 Å². The minimum absolute atomic E-state index is 0.246. The van der Waals surface area contributed by atoms with E-state index in [1.54, 1.807) is 14.0 Å². The van der Waals surface area contributed by atoms with Gasteiger partial charge in [-0.2, -0.15) is 0 Å². The molecule has 2 aromatic carbocycles. The fraction of sp³-hybridized carbons (Fsp3) is 0.409. The van der Waals surface area contributed by atoms with E-state index < -0.39 is 22.0 Å². The van der Waals surface area contributed by atoms with Crippen molar-refractivity contribution in [1.82, 2.24) is 5.32 Å². The van der Waals surface area contributed by atoms with Crippen molar-refractivity contribution in [3.63, 3.8) is 0 Å². The third kappa shape index (κ3) is 6.28. The van der Waals surface area contributed by atoms with Gasteiger partial charge in [-0.1, -0.05) is 49.2 Å². The van der Waals surface area contributed by atoms with Crippen LogP contribution >= 0.6 is 23.2 Å². The average Bonchev–Trinajstić information content (AvgIpc) is 2.67. The zero-order valence-electron chi connectivity index (χ0n) is 18.3. The molecule has 2 aromatic rings. The van der Waals surface area contributed by atoms with Crippen LogP contribution in [0, 0.1) is 6.92 Å². The van der Waals surface area contributed by atoms with E-state index in [1.807, 2.05) is 32.0 Å². The number of rotatable bonds is 9. The van der Waals surface area contributed by atoms with Crippen LogP contribution in [0.2, 0.25) is 10.0 Å². The summed E-state index contributed by atoms with van der Waals surface area (Å²) in [4.78, 5) is 13.2. The molecule has 170 valence electrons. The minimum atomic E-state index is -3.79. The van der Waals surface area contributed by atoms with E-state index in [9.17, 15) is 13.2 Å². The van der Waals surface area contributed by atoms with Gasteiger partial charge in [-0.3, -0.25) is 9.10 Å². The zero-order valence-corrected chi connectivity index (χ0v) is 20.6. The van der Waals surface area contributed by atoms with Crippen molar-refractivity contribution >= 4 is 44.8 Å². The molecule has 0 saturated heterocycles. The van der Waals surface area contributed by atoms with Crippen LogP contribution < -0.4 is 14.4 Å². The normalized spacial score (nSPS) is 13.4. The summed E-state index contributed by atoms with van der Waals surface area (Å²) in [6, 6.07) is 8.93. The van der Waals surface area contributed by atoms with Crippen molar-refractivity contribution in [3.05, 3.63) is 57.6 Å². The first-order chi connectivity index (χ1) is 14.5. The standard InChI is InChI=1S/C22H28Cl2N2O4S/c1-6-19(15-8-9-21(30-4)14(3)10-15)25-22(27)20(7-2)26(31(5,28)29)18-12-16(23)11-17(24)13-18/h8-13,19-20H,6-7H2,1-5H3,(H,25,27). The van der Waals surface area contributed by atoms with Crippen molar-refractivity contribution in [1.29, 1.82) is 0 Å². The SMILES string of the molecule is CCC(NC(=O)C(CC)N(c1cc(Cl)cc(Cl)c1)S(C)(=O)=O)c1ccc(OC)c(C)c1. The molecule has 0 aliphatic rings. The van der Waals surface area contributed by atoms with Gasteiger partial charge in [0, 0.05) is 10.0 Å². The molecule has 2 unspecified atom stereocenters. The van der Waals surface area contributed by atoms with Gasteiger partial charge < -0.3 is 10.1 Å². The van der Waals surface area contributed by atoms with Crippen molar-refractivity contribution < 1.29 is 17.9 Å². The molecule has 2 rings (SSSR count). The second-order valence-corrected chi connectivity index (χ2v) is 10.0. The fourth-order valence-electron chi connectivity index (χ4n) is 3.53. The molecule has 0 saturated carbocycles. The average molecular weight is 487 g/mol. The van der Waals surface area contributed by atoms with Gasteiger partial charge in [-0.15, -0.1) is 0 Å². The maximum Gasteiger partial charge on any atom is 0.244 e. The van der Waals surface area contributed by atoms with E-state index in [0.717, 1.165) is 27.4 Å². The number of amides is 1. The summed E-state index contributed by atoms with van der Waals surface area (Å²) >= 11 is 12.2. The first-order valence-corrected chi connectivity index (χ1v) is 12.5. The van der Waals surface area contributed by atoms with Crippen molar-refractivity contribution in [2.24, 2.45) is 0 Å². The summed E-state index contributed by atoms with van der Waals surface area (Å²) < 4.78 is 31.7. The molecule has 0 spiro atoms. The number of carbonyl (C=O) groups is 1. The molecule has 0 bridgehead atoms. The van der Waals surface area contributed by atoms with Gasteiger partial charge in [0.25, 0.3) is 0 Å². The Bertz CT molecular complexity index is 1020. The van der Waals surface area contributed by atoms with Crippen LogP contribution in [0.15, 0.2) is 36.4 Å². The second kappa shape index (κ2) is 10.6. The number of anilines is 1. The van der Waals surface area contributed by atoms with E-state index in [4.69, 9.17) is 27.9 Å². The Hall–Kier alpha value is -1.96. The van der Waals surface area contributed by atoms with E-state index in [1.165, 1.54) is 18.2 Å². The molecule has 0 aliphatic heterocycles. The number of hydrogen-bond donors (Lipinski definition) is 1. The molecule has 0 fully saturated rings.